The fourth-order valence-corrected chi connectivity index (χ4v) is 1.43. The highest BCUT2D eigenvalue weighted by Crippen LogP contribution is 2.45. The van der Waals surface area contributed by atoms with E-state index in [2.05, 4.69) is 13.8 Å². The molecule has 0 aromatic carbocycles. The third-order valence-electron chi connectivity index (χ3n) is 2.53. The molecule has 0 radical (unpaired) electrons. The maximum absolute atomic E-state index is 10.4. The predicted octanol–water partition coefficient (Wildman–Crippen LogP) is 1.75. The monoisotopic (exact) mass is 142 g/mol. The highest BCUT2D eigenvalue weighted by Gasteiger charge is 2.45. The molecule has 0 spiro atoms. The number of rotatable bonds is 3. The van der Waals surface area contributed by atoms with Crippen LogP contribution in [0.25, 0.3) is 0 Å². The van der Waals surface area contributed by atoms with Crippen molar-refractivity contribution >= 4 is 5.97 Å². The molecule has 0 aliphatic heterocycles. The van der Waals surface area contributed by atoms with Gasteiger partial charge in [-0.1, -0.05) is 20.3 Å². The Balaban J connectivity index is 2.31. The molecular weight excluding hydrogens is 128 g/mol. The van der Waals surface area contributed by atoms with Gasteiger partial charge >= 0.3 is 5.97 Å². The normalized spacial score (nSPS) is 33.4. The molecule has 0 aromatic heterocycles. The van der Waals surface area contributed by atoms with E-state index < -0.39 is 5.97 Å². The van der Waals surface area contributed by atoms with Gasteiger partial charge in [-0.3, -0.25) is 4.79 Å². The van der Waals surface area contributed by atoms with E-state index in [0.717, 1.165) is 12.8 Å². The fourth-order valence-electron chi connectivity index (χ4n) is 1.43. The van der Waals surface area contributed by atoms with Crippen LogP contribution in [0.3, 0.4) is 0 Å². The highest BCUT2D eigenvalue weighted by molar-refractivity contribution is 5.73. The second kappa shape index (κ2) is 2.60. The molecule has 2 heteroatoms. The number of carboxylic acids is 1. The third kappa shape index (κ3) is 1.31. The molecule has 3 atom stereocenters. The molecule has 1 saturated carbocycles. The number of aliphatic carboxylic acids is 1. The van der Waals surface area contributed by atoms with Gasteiger partial charge < -0.3 is 5.11 Å². The van der Waals surface area contributed by atoms with E-state index in [4.69, 9.17) is 5.11 Å². The zero-order valence-electron chi connectivity index (χ0n) is 6.50. The van der Waals surface area contributed by atoms with Crippen molar-refractivity contribution in [1.29, 1.82) is 0 Å². The van der Waals surface area contributed by atoms with Gasteiger partial charge in [0.05, 0.1) is 5.92 Å². The Kier molecular flexibility index (Phi) is 1.97. The van der Waals surface area contributed by atoms with E-state index >= 15 is 0 Å². The van der Waals surface area contributed by atoms with Gasteiger partial charge in [-0.2, -0.15) is 0 Å². The van der Waals surface area contributed by atoms with Gasteiger partial charge in [0.15, 0.2) is 0 Å². The lowest BCUT2D eigenvalue weighted by molar-refractivity contribution is -0.139. The van der Waals surface area contributed by atoms with Crippen molar-refractivity contribution in [3.8, 4) is 0 Å². The Morgan fingerprint density at radius 2 is 2.40 bits per heavy atom. The van der Waals surface area contributed by atoms with E-state index in [0.29, 0.717) is 11.8 Å². The lowest BCUT2D eigenvalue weighted by Crippen LogP contribution is -2.04. The molecule has 0 amide bonds. The maximum Gasteiger partial charge on any atom is 0.306 e. The standard InChI is InChI=1S/C8H14O2/c1-3-5(2)6-4-7(6)8(9)10/h5-7H,3-4H2,1-2H3,(H,9,10). The van der Waals surface area contributed by atoms with Crippen LogP contribution in [0.15, 0.2) is 0 Å². The first kappa shape index (κ1) is 7.58. The summed E-state index contributed by atoms with van der Waals surface area (Å²) < 4.78 is 0. The first-order valence-electron chi connectivity index (χ1n) is 3.89. The van der Waals surface area contributed by atoms with E-state index in [1.807, 2.05) is 0 Å². The van der Waals surface area contributed by atoms with E-state index in [9.17, 15) is 4.79 Å². The summed E-state index contributed by atoms with van der Waals surface area (Å²) in [5, 5.41) is 8.57. The molecular formula is C8H14O2. The van der Waals surface area contributed by atoms with Crippen LogP contribution in [0, 0.1) is 17.8 Å². The molecule has 1 fully saturated rings. The molecule has 3 unspecified atom stereocenters. The van der Waals surface area contributed by atoms with Crippen molar-refractivity contribution in [3.05, 3.63) is 0 Å². The minimum Gasteiger partial charge on any atom is -0.481 e. The van der Waals surface area contributed by atoms with Crippen LogP contribution in [0.4, 0.5) is 0 Å². The van der Waals surface area contributed by atoms with Crippen molar-refractivity contribution in [2.45, 2.75) is 26.7 Å². The zero-order valence-corrected chi connectivity index (χ0v) is 6.50. The van der Waals surface area contributed by atoms with Gasteiger partial charge in [0.1, 0.15) is 0 Å². The minimum absolute atomic E-state index is 0.0186. The zero-order chi connectivity index (χ0) is 7.72. The highest BCUT2D eigenvalue weighted by atomic mass is 16.4. The van der Waals surface area contributed by atoms with Crippen molar-refractivity contribution < 1.29 is 9.90 Å². The van der Waals surface area contributed by atoms with Crippen LogP contribution in [0.5, 0.6) is 0 Å². The lowest BCUT2D eigenvalue weighted by atomic mass is 10.0. The van der Waals surface area contributed by atoms with Crippen LogP contribution in [0.1, 0.15) is 26.7 Å². The fraction of sp³-hybridized carbons (Fsp3) is 0.875. The molecule has 0 saturated heterocycles. The Morgan fingerprint density at radius 1 is 1.80 bits per heavy atom. The summed E-state index contributed by atoms with van der Waals surface area (Å²) in [5.41, 5.74) is 0. The van der Waals surface area contributed by atoms with Crippen molar-refractivity contribution in [1.82, 2.24) is 0 Å². The molecule has 1 aliphatic rings. The van der Waals surface area contributed by atoms with Gasteiger partial charge in [0, 0.05) is 0 Å². The minimum atomic E-state index is -0.606. The van der Waals surface area contributed by atoms with Gasteiger partial charge in [-0.05, 0) is 18.3 Å². The summed E-state index contributed by atoms with van der Waals surface area (Å²) in [5.74, 6) is 0.448. The Bertz CT molecular complexity index is 142. The smallest absolute Gasteiger partial charge is 0.306 e. The van der Waals surface area contributed by atoms with Gasteiger partial charge in [0.2, 0.25) is 0 Å². The Morgan fingerprint density at radius 3 is 2.70 bits per heavy atom. The first-order valence-corrected chi connectivity index (χ1v) is 3.89. The largest absolute Gasteiger partial charge is 0.481 e. The molecule has 58 valence electrons. The van der Waals surface area contributed by atoms with Crippen molar-refractivity contribution in [3.63, 3.8) is 0 Å². The topological polar surface area (TPSA) is 37.3 Å². The number of carbonyl (C=O) groups is 1. The van der Waals surface area contributed by atoms with Crippen molar-refractivity contribution in [2.75, 3.05) is 0 Å². The lowest BCUT2D eigenvalue weighted by Gasteiger charge is -2.04. The summed E-state index contributed by atoms with van der Waals surface area (Å²) in [7, 11) is 0. The quantitative estimate of drug-likeness (QED) is 0.651. The second-order valence-electron chi connectivity index (χ2n) is 3.23. The molecule has 1 N–H and O–H groups in total. The summed E-state index contributed by atoms with van der Waals surface area (Å²) in [4.78, 5) is 10.4. The molecule has 2 nitrogen and oxygen atoms in total. The Hall–Kier alpha value is -0.530. The van der Waals surface area contributed by atoms with E-state index in [-0.39, 0.29) is 5.92 Å². The van der Waals surface area contributed by atoms with Crippen LogP contribution < -0.4 is 0 Å². The summed E-state index contributed by atoms with van der Waals surface area (Å²) in [6, 6.07) is 0. The predicted molar refractivity (Wildman–Crippen MR) is 38.7 cm³/mol. The van der Waals surface area contributed by atoms with Gasteiger partial charge in [-0.15, -0.1) is 0 Å². The van der Waals surface area contributed by atoms with Crippen LogP contribution in [-0.2, 0) is 4.79 Å². The molecule has 0 bridgehead atoms. The summed E-state index contributed by atoms with van der Waals surface area (Å²) in [6.45, 7) is 4.25. The van der Waals surface area contributed by atoms with Crippen LogP contribution in [-0.4, -0.2) is 11.1 Å². The van der Waals surface area contributed by atoms with Crippen LogP contribution >= 0.6 is 0 Å². The second-order valence-corrected chi connectivity index (χ2v) is 3.23. The average molecular weight is 142 g/mol. The number of carboxylic acid groups (broad SMARTS) is 1. The van der Waals surface area contributed by atoms with Gasteiger partial charge in [-0.25, -0.2) is 0 Å². The molecule has 1 aliphatic carbocycles. The summed E-state index contributed by atoms with van der Waals surface area (Å²) in [6.07, 6.45) is 2.01. The molecule has 0 aromatic rings. The molecule has 10 heavy (non-hydrogen) atoms. The van der Waals surface area contributed by atoms with E-state index in [1.165, 1.54) is 0 Å². The molecule has 0 heterocycles. The third-order valence-corrected chi connectivity index (χ3v) is 2.53. The van der Waals surface area contributed by atoms with Crippen LogP contribution in [0.2, 0.25) is 0 Å². The van der Waals surface area contributed by atoms with E-state index in [1.54, 1.807) is 0 Å². The van der Waals surface area contributed by atoms with Crippen molar-refractivity contribution in [2.24, 2.45) is 17.8 Å². The number of hydrogen-bond donors (Lipinski definition) is 1. The Labute approximate surface area is 61.2 Å². The first-order chi connectivity index (χ1) is 4.66. The molecule has 1 rings (SSSR count). The SMILES string of the molecule is CCC(C)C1CC1C(=O)O. The van der Waals surface area contributed by atoms with Gasteiger partial charge in [0.25, 0.3) is 0 Å². The maximum atomic E-state index is 10.4. The average Bonchev–Trinajstić information content (AvgIpc) is 2.64. The number of hydrogen-bond acceptors (Lipinski definition) is 1. The summed E-state index contributed by atoms with van der Waals surface area (Å²) >= 11 is 0.